The third-order valence-corrected chi connectivity index (χ3v) is 4.10. The van der Waals surface area contributed by atoms with Gasteiger partial charge >= 0.3 is 6.03 Å². The lowest BCUT2D eigenvalue weighted by Gasteiger charge is -2.19. The highest BCUT2D eigenvalue weighted by molar-refractivity contribution is 5.90. The molecule has 25 heavy (non-hydrogen) atoms. The van der Waals surface area contributed by atoms with Crippen molar-refractivity contribution in [3.63, 3.8) is 0 Å². The number of carbonyl (C=O) groups is 1. The van der Waals surface area contributed by atoms with Crippen molar-refractivity contribution in [3.05, 3.63) is 59.2 Å². The fourth-order valence-corrected chi connectivity index (χ4v) is 2.55. The Kier molecular flexibility index (Phi) is 6.07. The van der Waals surface area contributed by atoms with Gasteiger partial charge in [-0.15, -0.1) is 0 Å². The molecule has 0 aliphatic carbocycles. The van der Waals surface area contributed by atoms with E-state index in [0.29, 0.717) is 13.2 Å². The first-order chi connectivity index (χ1) is 11.8. The molecule has 4 heteroatoms. The van der Waals surface area contributed by atoms with Crippen molar-refractivity contribution in [1.82, 2.24) is 5.32 Å². The average Bonchev–Trinajstić information content (AvgIpc) is 2.55. The number of amides is 2. The number of aryl methyl sites for hydroxylation is 2. The van der Waals surface area contributed by atoms with Crippen molar-refractivity contribution in [2.75, 3.05) is 18.5 Å². The highest BCUT2D eigenvalue weighted by atomic mass is 16.5. The molecule has 2 aromatic carbocycles. The Morgan fingerprint density at radius 1 is 1.00 bits per heavy atom. The van der Waals surface area contributed by atoms with Gasteiger partial charge < -0.3 is 15.4 Å². The lowest BCUT2D eigenvalue weighted by atomic mass is 9.87. The summed E-state index contributed by atoms with van der Waals surface area (Å²) in [5.74, 6) is 0.810. The average molecular weight is 340 g/mol. The van der Waals surface area contributed by atoms with E-state index in [1.165, 1.54) is 5.56 Å². The van der Waals surface area contributed by atoms with Crippen molar-refractivity contribution in [1.29, 1.82) is 0 Å². The third kappa shape index (κ3) is 5.52. The molecule has 4 nitrogen and oxygen atoms in total. The fourth-order valence-electron chi connectivity index (χ4n) is 2.55. The zero-order valence-electron chi connectivity index (χ0n) is 15.8. The topological polar surface area (TPSA) is 50.4 Å². The predicted octanol–water partition coefficient (Wildman–Crippen LogP) is 4.80. The maximum atomic E-state index is 12.0. The first-order valence-electron chi connectivity index (χ1n) is 8.62. The molecule has 0 atom stereocenters. The smallest absolute Gasteiger partial charge is 0.319 e. The molecule has 0 unspecified atom stereocenters. The summed E-state index contributed by atoms with van der Waals surface area (Å²) in [6.45, 7) is 11.4. The summed E-state index contributed by atoms with van der Waals surface area (Å²) in [5.41, 5.74) is 4.35. The van der Waals surface area contributed by atoms with E-state index in [9.17, 15) is 4.79 Å². The second-order valence-electron chi connectivity index (χ2n) is 7.27. The minimum atomic E-state index is -0.218. The lowest BCUT2D eigenvalue weighted by Crippen LogP contribution is -2.32. The molecule has 2 rings (SSSR count). The third-order valence-electron chi connectivity index (χ3n) is 4.10. The molecule has 0 saturated carbocycles. The van der Waals surface area contributed by atoms with Crippen LogP contribution >= 0.6 is 0 Å². The van der Waals surface area contributed by atoms with Gasteiger partial charge in [-0.3, -0.25) is 0 Å². The number of benzene rings is 2. The van der Waals surface area contributed by atoms with E-state index in [1.54, 1.807) is 0 Å². The van der Waals surface area contributed by atoms with Crippen LogP contribution < -0.4 is 15.4 Å². The van der Waals surface area contributed by atoms with Crippen LogP contribution in [0.2, 0.25) is 0 Å². The molecule has 0 radical (unpaired) electrons. The molecule has 0 aliphatic rings. The number of para-hydroxylation sites is 1. The largest absolute Gasteiger partial charge is 0.492 e. The minimum Gasteiger partial charge on any atom is -0.492 e. The van der Waals surface area contributed by atoms with E-state index in [4.69, 9.17) is 4.74 Å². The van der Waals surface area contributed by atoms with Crippen LogP contribution in [0.3, 0.4) is 0 Å². The van der Waals surface area contributed by atoms with Gasteiger partial charge in [0.15, 0.2) is 0 Å². The van der Waals surface area contributed by atoms with Gasteiger partial charge in [0.1, 0.15) is 12.4 Å². The minimum absolute atomic E-state index is 0.131. The molecule has 2 N–H and O–H groups in total. The number of hydrogen-bond acceptors (Lipinski definition) is 2. The second-order valence-corrected chi connectivity index (χ2v) is 7.27. The quantitative estimate of drug-likeness (QED) is 0.768. The van der Waals surface area contributed by atoms with Crippen LogP contribution in [0.4, 0.5) is 10.5 Å². The van der Waals surface area contributed by atoms with Crippen LogP contribution in [0.1, 0.15) is 37.5 Å². The molecule has 0 aliphatic heterocycles. The molecule has 0 fully saturated rings. The molecule has 0 saturated heterocycles. The normalized spacial score (nSPS) is 11.1. The Hall–Kier alpha value is -2.49. The Labute approximate surface area is 150 Å². The van der Waals surface area contributed by atoms with E-state index < -0.39 is 0 Å². The summed E-state index contributed by atoms with van der Waals surface area (Å²) in [6, 6.07) is 13.8. The van der Waals surface area contributed by atoms with E-state index in [2.05, 4.69) is 43.5 Å². The molecular weight excluding hydrogens is 312 g/mol. The summed E-state index contributed by atoms with van der Waals surface area (Å²) in [7, 11) is 0. The monoisotopic (exact) mass is 340 g/mol. The van der Waals surface area contributed by atoms with Crippen LogP contribution in [-0.4, -0.2) is 19.2 Å². The lowest BCUT2D eigenvalue weighted by molar-refractivity contribution is 0.247. The van der Waals surface area contributed by atoms with Gasteiger partial charge in [0.25, 0.3) is 0 Å². The van der Waals surface area contributed by atoms with Crippen molar-refractivity contribution in [2.24, 2.45) is 0 Å². The molecular formula is C21H28N2O2. The number of rotatable bonds is 5. The van der Waals surface area contributed by atoms with E-state index in [0.717, 1.165) is 22.6 Å². The van der Waals surface area contributed by atoms with Gasteiger partial charge in [-0.2, -0.15) is 0 Å². The number of carbonyl (C=O) groups excluding carboxylic acids is 1. The van der Waals surface area contributed by atoms with Crippen molar-refractivity contribution >= 4 is 11.7 Å². The number of nitrogens with one attached hydrogen (secondary N) is 2. The van der Waals surface area contributed by atoms with E-state index in [1.807, 2.05) is 44.2 Å². The highest BCUT2D eigenvalue weighted by Gasteiger charge is 2.13. The number of ether oxygens (including phenoxy) is 1. The maximum absolute atomic E-state index is 12.0. The van der Waals surface area contributed by atoms with Gasteiger partial charge in [-0.25, -0.2) is 4.79 Å². The predicted molar refractivity (Wildman–Crippen MR) is 104 cm³/mol. The number of hydrogen-bond donors (Lipinski definition) is 2. The molecule has 2 aromatic rings. The van der Waals surface area contributed by atoms with Crippen molar-refractivity contribution in [2.45, 2.75) is 40.0 Å². The highest BCUT2D eigenvalue weighted by Crippen LogP contribution is 2.24. The van der Waals surface area contributed by atoms with Gasteiger partial charge in [-0.05, 0) is 48.1 Å². The van der Waals surface area contributed by atoms with Gasteiger partial charge in [0.05, 0.1) is 6.54 Å². The van der Waals surface area contributed by atoms with Crippen LogP contribution in [-0.2, 0) is 5.41 Å². The number of urea groups is 1. The van der Waals surface area contributed by atoms with Gasteiger partial charge in [-0.1, -0.05) is 51.1 Å². The summed E-state index contributed by atoms with van der Waals surface area (Å²) in [5, 5.41) is 5.71. The molecule has 2 amide bonds. The maximum Gasteiger partial charge on any atom is 0.319 e. The van der Waals surface area contributed by atoms with Crippen LogP contribution in [0, 0.1) is 13.8 Å². The van der Waals surface area contributed by atoms with Crippen LogP contribution in [0.5, 0.6) is 5.75 Å². The summed E-state index contributed by atoms with van der Waals surface area (Å²) in [4.78, 5) is 12.0. The molecule has 0 heterocycles. The van der Waals surface area contributed by atoms with Crippen molar-refractivity contribution < 1.29 is 9.53 Å². The molecule has 0 aromatic heterocycles. The van der Waals surface area contributed by atoms with Gasteiger partial charge in [0.2, 0.25) is 0 Å². The molecule has 0 bridgehead atoms. The summed E-state index contributed by atoms with van der Waals surface area (Å²) < 4.78 is 5.68. The Balaban J connectivity index is 1.76. The van der Waals surface area contributed by atoms with Crippen molar-refractivity contribution in [3.8, 4) is 5.75 Å². The van der Waals surface area contributed by atoms with E-state index in [-0.39, 0.29) is 11.4 Å². The fraction of sp³-hybridized carbons (Fsp3) is 0.381. The second kappa shape index (κ2) is 8.06. The Morgan fingerprint density at radius 3 is 2.16 bits per heavy atom. The first-order valence-corrected chi connectivity index (χ1v) is 8.62. The summed E-state index contributed by atoms with van der Waals surface area (Å²) in [6.07, 6.45) is 0. The zero-order chi connectivity index (χ0) is 18.4. The SMILES string of the molecule is Cc1cccc(C)c1NC(=O)NCCOc1ccc(C(C)(C)C)cc1. The Morgan fingerprint density at radius 2 is 1.60 bits per heavy atom. The zero-order valence-corrected chi connectivity index (χ0v) is 15.8. The molecule has 134 valence electrons. The van der Waals surface area contributed by atoms with Crippen LogP contribution in [0.25, 0.3) is 0 Å². The van der Waals surface area contributed by atoms with Crippen LogP contribution in [0.15, 0.2) is 42.5 Å². The molecule has 0 spiro atoms. The van der Waals surface area contributed by atoms with Gasteiger partial charge in [0, 0.05) is 5.69 Å². The summed E-state index contributed by atoms with van der Waals surface area (Å²) >= 11 is 0. The Bertz CT molecular complexity index is 695. The standard InChI is InChI=1S/C21H28N2O2/c1-15-7-6-8-16(2)19(15)23-20(24)22-13-14-25-18-11-9-17(10-12-18)21(3,4)5/h6-12H,13-14H2,1-5H3,(H2,22,23,24). The van der Waals surface area contributed by atoms with E-state index >= 15 is 0 Å². The first kappa shape index (κ1) is 18.8. The number of anilines is 1.